The molecule has 0 atom stereocenters. The first-order valence-electron chi connectivity index (χ1n) is 7.01. The minimum absolute atomic E-state index is 0.0320. The fourth-order valence-corrected chi connectivity index (χ4v) is 2.74. The van der Waals surface area contributed by atoms with Crippen LogP contribution in [0.5, 0.6) is 0 Å². The summed E-state index contributed by atoms with van der Waals surface area (Å²) in [4.78, 5) is 18.2. The van der Waals surface area contributed by atoms with Crippen molar-refractivity contribution in [3.05, 3.63) is 0 Å². The molecular formula is C13H24N4O. The molecular weight excluding hydrogens is 228 g/mol. The second-order valence-corrected chi connectivity index (χ2v) is 5.44. The van der Waals surface area contributed by atoms with Gasteiger partial charge in [0.15, 0.2) is 5.96 Å². The Morgan fingerprint density at radius 2 is 2.17 bits per heavy atom. The number of hydrogen-bond acceptors (Lipinski definition) is 4. The van der Waals surface area contributed by atoms with Crippen LogP contribution in [0.25, 0.3) is 0 Å². The summed E-state index contributed by atoms with van der Waals surface area (Å²) in [6, 6.07) is 0. The van der Waals surface area contributed by atoms with E-state index in [1.54, 1.807) is 0 Å². The Morgan fingerprint density at radius 1 is 1.44 bits per heavy atom. The summed E-state index contributed by atoms with van der Waals surface area (Å²) < 4.78 is 0. The van der Waals surface area contributed by atoms with Crippen LogP contribution in [0.15, 0.2) is 4.99 Å². The van der Waals surface area contributed by atoms with Crippen molar-refractivity contribution in [1.82, 2.24) is 10.2 Å². The van der Waals surface area contributed by atoms with Gasteiger partial charge in [-0.2, -0.15) is 0 Å². The fraction of sp³-hybridized carbons (Fsp3) is 0.846. The lowest BCUT2D eigenvalue weighted by atomic mass is 9.88. The zero-order chi connectivity index (χ0) is 13.0. The zero-order valence-electron chi connectivity index (χ0n) is 11.2. The molecule has 0 saturated carbocycles. The van der Waals surface area contributed by atoms with Crippen LogP contribution in [0.2, 0.25) is 0 Å². The highest BCUT2D eigenvalue weighted by Crippen LogP contribution is 2.25. The van der Waals surface area contributed by atoms with Gasteiger partial charge in [0, 0.05) is 19.5 Å². The number of hydrogen-bond donors (Lipinski definition) is 2. The van der Waals surface area contributed by atoms with E-state index in [1.807, 2.05) is 4.90 Å². The Morgan fingerprint density at radius 3 is 2.72 bits per heavy atom. The molecule has 102 valence electrons. The molecule has 0 unspecified atom stereocenters. The summed E-state index contributed by atoms with van der Waals surface area (Å²) in [6.45, 7) is 4.59. The number of nitrogens with zero attached hydrogens (tertiary/aromatic N) is 2. The van der Waals surface area contributed by atoms with Gasteiger partial charge in [0.1, 0.15) is 0 Å². The number of carbonyl (C=O) groups is 1. The molecule has 0 bridgehead atoms. The van der Waals surface area contributed by atoms with Gasteiger partial charge in [0.05, 0.1) is 12.1 Å². The first-order valence-corrected chi connectivity index (χ1v) is 7.01. The summed E-state index contributed by atoms with van der Waals surface area (Å²) >= 11 is 0. The number of nitrogens with one attached hydrogen (secondary N) is 1. The Bertz CT molecular complexity index is 332. The Kier molecular flexibility index (Phi) is 4.09. The number of nitrogens with two attached hydrogens (primary N) is 1. The molecule has 1 amide bonds. The smallest absolute Gasteiger partial charge is 0.222 e. The lowest BCUT2D eigenvalue weighted by Crippen LogP contribution is -2.55. The predicted molar refractivity (Wildman–Crippen MR) is 72.3 cm³/mol. The number of aliphatic imine (C=N–C) groups is 1. The number of piperidine rings is 1. The molecule has 1 saturated heterocycles. The van der Waals surface area contributed by atoms with E-state index >= 15 is 0 Å². The molecule has 0 aromatic rings. The lowest BCUT2D eigenvalue weighted by Gasteiger charge is -2.39. The third-order valence-electron chi connectivity index (χ3n) is 4.01. The van der Waals surface area contributed by atoms with Gasteiger partial charge in [0.25, 0.3) is 0 Å². The van der Waals surface area contributed by atoms with E-state index in [-0.39, 0.29) is 5.54 Å². The van der Waals surface area contributed by atoms with Crippen molar-refractivity contribution in [3.63, 3.8) is 0 Å². The first-order chi connectivity index (χ1) is 8.65. The second-order valence-electron chi connectivity index (χ2n) is 5.44. The molecule has 5 nitrogen and oxygen atoms in total. The van der Waals surface area contributed by atoms with Gasteiger partial charge >= 0.3 is 0 Å². The Labute approximate surface area is 109 Å². The first kappa shape index (κ1) is 13.2. The van der Waals surface area contributed by atoms with Crippen molar-refractivity contribution in [2.24, 2.45) is 10.7 Å². The molecule has 2 aliphatic rings. The number of carbonyl (C=O) groups excluding carboxylic acids is 1. The number of likely N-dealkylation sites (tertiary alicyclic amines) is 1. The monoisotopic (exact) mass is 252 g/mol. The SMILES string of the molecule is CCCCCC(=O)N1CCC2(CC1)CN=C(N)N2. The van der Waals surface area contributed by atoms with Gasteiger partial charge < -0.3 is 16.0 Å². The quantitative estimate of drug-likeness (QED) is 0.729. The molecule has 2 rings (SSSR count). The Hall–Kier alpha value is -1.26. The summed E-state index contributed by atoms with van der Waals surface area (Å²) in [5, 5.41) is 3.27. The van der Waals surface area contributed by atoms with Gasteiger partial charge in [-0.1, -0.05) is 19.8 Å². The molecule has 1 spiro atoms. The van der Waals surface area contributed by atoms with Crippen LogP contribution in [0.1, 0.15) is 45.4 Å². The van der Waals surface area contributed by atoms with E-state index in [2.05, 4.69) is 17.2 Å². The number of amides is 1. The fourth-order valence-electron chi connectivity index (χ4n) is 2.74. The van der Waals surface area contributed by atoms with Crippen LogP contribution < -0.4 is 11.1 Å². The maximum absolute atomic E-state index is 12.0. The van der Waals surface area contributed by atoms with Crippen molar-refractivity contribution in [1.29, 1.82) is 0 Å². The Balaban J connectivity index is 1.75. The van der Waals surface area contributed by atoms with E-state index in [9.17, 15) is 4.79 Å². The van der Waals surface area contributed by atoms with E-state index in [0.717, 1.165) is 51.7 Å². The molecule has 18 heavy (non-hydrogen) atoms. The molecule has 0 radical (unpaired) electrons. The van der Waals surface area contributed by atoms with Crippen molar-refractivity contribution in [2.45, 2.75) is 51.0 Å². The number of guanidine groups is 1. The van der Waals surface area contributed by atoms with Gasteiger partial charge in [-0.05, 0) is 19.3 Å². The van der Waals surface area contributed by atoms with Gasteiger partial charge in [-0.3, -0.25) is 9.79 Å². The molecule has 1 fully saturated rings. The van der Waals surface area contributed by atoms with Crippen LogP contribution in [0.4, 0.5) is 0 Å². The van der Waals surface area contributed by atoms with E-state index < -0.39 is 0 Å². The highest BCUT2D eigenvalue weighted by molar-refractivity contribution is 5.81. The zero-order valence-corrected chi connectivity index (χ0v) is 11.2. The van der Waals surface area contributed by atoms with Gasteiger partial charge in [-0.15, -0.1) is 0 Å². The van der Waals surface area contributed by atoms with E-state index in [4.69, 9.17) is 5.73 Å². The summed E-state index contributed by atoms with van der Waals surface area (Å²) in [7, 11) is 0. The summed E-state index contributed by atoms with van der Waals surface area (Å²) in [5.74, 6) is 0.864. The van der Waals surface area contributed by atoms with Crippen molar-refractivity contribution in [2.75, 3.05) is 19.6 Å². The third-order valence-corrected chi connectivity index (χ3v) is 4.01. The standard InChI is InChI=1S/C13H24N4O/c1-2-3-4-5-11(18)17-8-6-13(7-9-17)10-15-12(14)16-13/h2-10H2,1H3,(H3,14,15,16). The molecule has 0 aromatic heterocycles. The molecule has 0 aromatic carbocycles. The molecule has 3 N–H and O–H groups in total. The molecule has 0 aliphatic carbocycles. The van der Waals surface area contributed by atoms with Crippen LogP contribution >= 0.6 is 0 Å². The highest BCUT2D eigenvalue weighted by atomic mass is 16.2. The van der Waals surface area contributed by atoms with Crippen molar-refractivity contribution < 1.29 is 4.79 Å². The molecule has 2 aliphatic heterocycles. The van der Waals surface area contributed by atoms with Crippen molar-refractivity contribution >= 4 is 11.9 Å². The average Bonchev–Trinajstić information content (AvgIpc) is 2.72. The average molecular weight is 252 g/mol. The third kappa shape index (κ3) is 2.94. The topological polar surface area (TPSA) is 70.7 Å². The van der Waals surface area contributed by atoms with E-state index in [1.165, 1.54) is 0 Å². The normalized spacial score (nSPS) is 21.8. The summed E-state index contributed by atoms with van der Waals surface area (Å²) in [5.41, 5.74) is 5.71. The van der Waals surface area contributed by atoms with Gasteiger partial charge in [0.2, 0.25) is 5.91 Å². The van der Waals surface area contributed by atoms with Crippen LogP contribution in [-0.2, 0) is 4.79 Å². The largest absolute Gasteiger partial charge is 0.370 e. The van der Waals surface area contributed by atoms with E-state index in [0.29, 0.717) is 18.3 Å². The van der Waals surface area contributed by atoms with Crippen LogP contribution in [0.3, 0.4) is 0 Å². The lowest BCUT2D eigenvalue weighted by molar-refractivity contribution is -0.132. The number of unbranched alkanes of at least 4 members (excludes halogenated alkanes) is 2. The second kappa shape index (κ2) is 5.59. The summed E-state index contributed by atoms with van der Waals surface area (Å²) in [6.07, 6.45) is 5.94. The van der Waals surface area contributed by atoms with Crippen molar-refractivity contribution in [3.8, 4) is 0 Å². The van der Waals surface area contributed by atoms with Gasteiger partial charge in [-0.25, -0.2) is 0 Å². The highest BCUT2D eigenvalue weighted by Gasteiger charge is 2.38. The molecule has 5 heteroatoms. The maximum Gasteiger partial charge on any atom is 0.222 e. The maximum atomic E-state index is 12.0. The number of rotatable bonds is 4. The molecule has 2 heterocycles. The minimum Gasteiger partial charge on any atom is -0.370 e. The minimum atomic E-state index is 0.0320. The van der Waals surface area contributed by atoms with Crippen LogP contribution in [-0.4, -0.2) is 41.9 Å². The van der Waals surface area contributed by atoms with Crippen LogP contribution in [0, 0.1) is 0 Å². The predicted octanol–water partition coefficient (Wildman–Crippen LogP) is 0.846.